The molecule has 2 atom stereocenters. The van der Waals surface area contributed by atoms with Crippen LogP contribution in [0.3, 0.4) is 0 Å². The number of ether oxygens (including phenoxy) is 1. The summed E-state index contributed by atoms with van der Waals surface area (Å²) in [6.45, 7) is 0. The van der Waals surface area contributed by atoms with Crippen molar-refractivity contribution in [3.63, 3.8) is 0 Å². The zero-order valence-electron chi connectivity index (χ0n) is 8.37. The molecule has 0 heterocycles. The van der Waals surface area contributed by atoms with E-state index in [0.29, 0.717) is 0 Å². The van der Waals surface area contributed by atoms with Crippen LogP contribution in [0.15, 0.2) is 18.2 Å². The number of hydrogen-bond donors (Lipinski definition) is 1. The molecule has 0 spiro atoms. The van der Waals surface area contributed by atoms with Gasteiger partial charge in [-0.3, -0.25) is 0 Å². The molecule has 80 valence electrons. The molecule has 0 aliphatic heterocycles. The highest BCUT2D eigenvalue weighted by Gasteiger charge is 2.35. The van der Waals surface area contributed by atoms with Gasteiger partial charge in [-0.2, -0.15) is 0 Å². The normalized spacial score (nSPS) is 23.7. The van der Waals surface area contributed by atoms with Gasteiger partial charge in [0, 0.05) is 12.0 Å². The van der Waals surface area contributed by atoms with E-state index in [0.717, 1.165) is 12.0 Å². The first-order valence-electron chi connectivity index (χ1n) is 4.77. The number of esters is 1. The molecule has 1 aromatic rings. The fourth-order valence-electron chi connectivity index (χ4n) is 1.64. The maximum atomic E-state index is 13.3. The highest BCUT2D eigenvalue weighted by atomic mass is 19.1. The van der Waals surface area contributed by atoms with Crippen LogP contribution >= 0.6 is 0 Å². The molecule has 3 nitrogen and oxygen atoms in total. The van der Waals surface area contributed by atoms with Crippen molar-refractivity contribution in [2.24, 2.45) is 5.73 Å². The first-order chi connectivity index (χ1) is 7.13. The molecule has 1 fully saturated rings. The smallest absolute Gasteiger partial charge is 0.340 e. The standard InChI is InChI=1S/C11H12FNO2/c1-15-11(14)8-4-6(2-3-9(8)12)7-5-10(7)13/h2-4,7,10H,5,13H2,1H3. The molecule has 2 rings (SSSR count). The molecule has 0 saturated heterocycles. The predicted octanol–water partition coefficient (Wildman–Crippen LogP) is 1.43. The molecular weight excluding hydrogens is 197 g/mol. The summed E-state index contributed by atoms with van der Waals surface area (Å²) in [7, 11) is 1.23. The van der Waals surface area contributed by atoms with Crippen LogP contribution in [0.1, 0.15) is 28.3 Å². The Kier molecular flexibility index (Phi) is 2.44. The first-order valence-corrected chi connectivity index (χ1v) is 4.77. The fourth-order valence-corrected chi connectivity index (χ4v) is 1.64. The molecule has 1 aliphatic rings. The van der Waals surface area contributed by atoms with Gasteiger partial charge in [0.15, 0.2) is 0 Å². The monoisotopic (exact) mass is 209 g/mol. The van der Waals surface area contributed by atoms with E-state index in [9.17, 15) is 9.18 Å². The van der Waals surface area contributed by atoms with Gasteiger partial charge in [-0.25, -0.2) is 9.18 Å². The third-order valence-corrected chi connectivity index (χ3v) is 2.66. The zero-order valence-corrected chi connectivity index (χ0v) is 8.37. The number of carbonyl (C=O) groups excluding carboxylic acids is 1. The van der Waals surface area contributed by atoms with Crippen molar-refractivity contribution in [2.75, 3.05) is 7.11 Å². The van der Waals surface area contributed by atoms with Crippen LogP contribution in [0.5, 0.6) is 0 Å². The predicted molar refractivity (Wildman–Crippen MR) is 53.1 cm³/mol. The average molecular weight is 209 g/mol. The Morgan fingerprint density at radius 3 is 2.80 bits per heavy atom. The number of methoxy groups -OCH3 is 1. The number of carbonyl (C=O) groups is 1. The Labute approximate surface area is 87.0 Å². The average Bonchev–Trinajstić information content (AvgIpc) is 2.95. The van der Waals surface area contributed by atoms with E-state index < -0.39 is 11.8 Å². The number of hydrogen-bond acceptors (Lipinski definition) is 3. The SMILES string of the molecule is COC(=O)c1cc(C2CC2N)ccc1F. The van der Waals surface area contributed by atoms with E-state index >= 15 is 0 Å². The van der Waals surface area contributed by atoms with Gasteiger partial charge in [0.25, 0.3) is 0 Å². The highest BCUT2D eigenvalue weighted by Crippen LogP contribution is 2.39. The summed E-state index contributed by atoms with van der Waals surface area (Å²) in [6, 6.07) is 4.62. The Morgan fingerprint density at radius 2 is 2.27 bits per heavy atom. The zero-order chi connectivity index (χ0) is 11.0. The summed E-state index contributed by atoms with van der Waals surface area (Å²) in [5.74, 6) is -0.947. The maximum Gasteiger partial charge on any atom is 0.340 e. The van der Waals surface area contributed by atoms with Gasteiger partial charge >= 0.3 is 5.97 Å². The molecule has 1 aliphatic carbocycles. The van der Waals surface area contributed by atoms with Crippen LogP contribution in [0.4, 0.5) is 4.39 Å². The third-order valence-electron chi connectivity index (χ3n) is 2.66. The maximum absolute atomic E-state index is 13.3. The fraction of sp³-hybridized carbons (Fsp3) is 0.364. The van der Waals surface area contributed by atoms with Crippen LogP contribution in [0.2, 0.25) is 0 Å². The van der Waals surface area contributed by atoms with Gasteiger partial charge in [-0.15, -0.1) is 0 Å². The van der Waals surface area contributed by atoms with Gasteiger partial charge in [-0.05, 0) is 24.1 Å². The second-order valence-electron chi connectivity index (χ2n) is 3.74. The number of rotatable bonds is 2. The van der Waals surface area contributed by atoms with Gasteiger partial charge in [0.2, 0.25) is 0 Å². The lowest BCUT2D eigenvalue weighted by atomic mass is 10.1. The summed E-state index contributed by atoms with van der Waals surface area (Å²) in [5.41, 5.74) is 6.57. The molecule has 2 unspecified atom stereocenters. The van der Waals surface area contributed by atoms with E-state index in [2.05, 4.69) is 4.74 Å². The summed E-state index contributed by atoms with van der Waals surface area (Å²) < 4.78 is 17.7. The van der Waals surface area contributed by atoms with Gasteiger partial charge in [-0.1, -0.05) is 6.07 Å². The minimum Gasteiger partial charge on any atom is -0.465 e. The topological polar surface area (TPSA) is 52.3 Å². The molecule has 4 heteroatoms. The lowest BCUT2D eigenvalue weighted by Crippen LogP contribution is -2.06. The van der Waals surface area contributed by atoms with E-state index in [-0.39, 0.29) is 17.5 Å². The summed E-state index contributed by atoms with van der Waals surface area (Å²) in [4.78, 5) is 11.2. The van der Waals surface area contributed by atoms with E-state index in [1.165, 1.54) is 19.2 Å². The molecule has 1 saturated carbocycles. The Hall–Kier alpha value is -1.42. The van der Waals surface area contributed by atoms with Gasteiger partial charge in [0.1, 0.15) is 5.82 Å². The molecule has 0 bridgehead atoms. The highest BCUT2D eigenvalue weighted by molar-refractivity contribution is 5.89. The van der Waals surface area contributed by atoms with Crippen molar-refractivity contribution in [3.8, 4) is 0 Å². The lowest BCUT2D eigenvalue weighted by molar-refractivity contribution is 0.0595. The Balaban J connectivity index is 2.33. The van der Waals surface area contributed by atoms with Crippen molar-refractivity contribution in [1.29, 1.82) is 0 Å². The van der Waals surface area contributed by atoms with Crippen LogP contribution in [0.25, 0.3) is 0 Å². The van der Waals surface area contributed by atoms with Gasteiger partial charge in [0.05, 0.1) is 12.7 Å². The van der Waals surface area contributed by atoms with Crippen LogP contribution < -0.4 is 5.73 Å². The number of benzene rings is 1. The first kappa shape index (κ1) is 10.1. The van der Waals surface area contributed by atoms with Crippen LogP contribution in [-0.2, 0) is 4.74 Å². The van der Waals surface area contributed by atoms with Crippen molar-refractivity contribution < 1.29 is 13.9 Å². The van der Waals surface area contributed by atoms with Crippen LogP contribution in [-0.4, -0.2) is 19.1 Å². The van der Waals surface area contributed by atoms with Crippen LogP contribution in [0, 0.1) is 5.82 Å². The molecule has 0 radical (unpaired) electrons. The van der Waals surface area contributed by atoms with E-state index in [4.69, 9.17) is 5.73 Å². The summed E-state index contributed by atoms with van der Waals surface area (Å²) >= 11 is 0. The minimum atomic E-state index is -0.649. The summed E-state index contributed by atoms with van der Waals surface area (Å²) in [6.07, 6.45) is 0.895. The number of halogens is 1. The van der Waals surface area contributed by atoms with Crippen molar-refractivity contribution in [3.05, 3.63) is 35.1 Å². The van der Waals surface area contributed by atoms with Crippen molar-refractivity contribution >= 4 is 5.97 Å². The second-order valence-corrected chi connectivity index (χ2v) is 3.74. The molecule has 1 aromatic carbocycles. The minimum absolute atomic E-state index is 0.0194. The molecule has 2 N–H and O–H groups in total. The lowest BCUT2D eigenvalue weighted by Gasteiger charge is -2.04. The third kappa shape index (κ3) is 1.85. The Morgan fingerprint density at radius 1 is 1.60 bits per heavy atom. The summed E-state index contributed by atoms with van der Waals surface area (Å²) in [5, 5.41) is 0. The van der Waals surface area contributed by atoms with Crippen molar-refractivity contribution in [1.82, 2.24) is 0 Å². The molecule has 0 aromatic heterocycles. The van der Waals surface area contributed by atoms with E-state index in [1.54, 1.807) is 6.07 Å². The number of nitrogens with two attached hydrogens (primary N) is 1. The molecule has 15 heavy (non-hydrogen) atoms. The molecule has 0 amide bonds. The quantitative estimate of drug-likeness (QED) is 0.749. The van der Waals surface area contributed by atoms with Crippen molar-refractivity contribution in [2.45, 2.75) is 18.4 Å². The second kappa shape index (κ2) is 3.62. The van der Waals surface area contributed by atoms with Gasteiger partial charge < -0.3 is 10.5 Å². The van der Waals surface area contributed by atoms with E-state index in [1.807, 2.05) is 0 Å². The largest absolute Gasteiger partial charge is 0.465 e. The molecular formula is C11H12FNO2. The Bertz CT molecular complexity index is 406.